The quantitative estimate of drug-likeness (QED) is 0.195. The van der Waals surface area contributed by atoms with E-state index in [1.54, 1.807) is 6.07 Å². The first kappa shape index (κ1) is 19.6. The van der Waals surface area contributed by atoms with Crippen LogP contribution in [0.1, 0.15) is 22.5 Å². The maximum Gasteiger partial charge on any atom is 0.290 e. The Kier molecular flexibility index (Phi) is 5.18. The van der Waals surface area contributed by atoms with Crippen molar-refractivity contribution in [3.8, 4) is 5.95 Å². The fourth-order valence-electron chi connectivity index (χ4n) is 4.02. The number of furan rings is 1. The maximum atomic E-state index is 10.1. The number of rotatable bonds is 6. The van der Waals surface area contributed by atoms with Crippen molar-refractivity contribution in [3.05, 3.63) is 138 Å². The van der Waals surface area contributed by atoms with Crippen LogP contribution in [-0.4, -0.2) is 11.3 Å². The summed E-state index contributed by atoms with van der Waals surface area (Å²) < 4.78 is 5.52. The summed E-state index contributed by atoms with van der Waals surface area (Å²) in [6.07, 6.45) is 1.51. The monoisotopic (exact) mass is 419 g/mol. The summed E-state index contributed by atoms with van der Waals surface area (Å²) in [7, 11) is 0. The van der Waals surface area contributed by atoms with Gasteiger partial charge in [-0.25, -0.2) is 0 Å². The highest BCUT2D eigenvalue weighted by Crippen LogP contribution is 2.40. The van der Waals surface area contributed by atoms with Gasteiger partial charge in [0.25, 0.3) is 5.95 Å². The molecule has 0 spiro atoms. The third-order valence-electron chi connectivity index (χ3n) is 5.53. The molecule has 1 aromatic heterocycles. The minimum Gasteiger partial charge on any atom is -0.480 e. The van der Waals surface area contributed by atoms with Crippen LogP contribution in [0.4, 0.5) is 0 Å². The summed E-state index contributed by atoms with van der Waals surface area (Å²) in [5.74, 6) is 0.295. The van der Waals surface area contributed by atoms with Crippen molar-refractivity contribution in [1.82, 2.24) is 0 Å². The van der Waals surface area contributed by atoms with Crippen LogP contribution in [0.3, 0.4) is 0 Å². The van der Waals surface area contributed by atoms with E-state index in [-0.39, 0.29) is 5.95 Å². The van der Waals surface area contributed by atoms with Crippen molar-refractivity contribution in [2.75, 3.05) is 0 Å². The molecule has 0 atom stereocenters. The summed E-state index contributed by atoms with van der Waals surface area (Å²) in [6, 6.07) is 37.5. The fraction of sp³-hybridized carbons (Fsp3) is 0.0357. The van der Waals surface area contributed by atoms with Crippen molar-refractivity contribution in [2.24, 2.45) is 5.16 Å². The van der Waals surface area contributed by atoms with E-state index in [0.29, 0.717) is 11.1 Å². The molecule has 0 saturated heterocycles. The van der Waals surface area contributed by atoms with Gasteiger partial charge in [0.05, 0.1) is 5.39 Å². The van der Waals surface area contributed by atoms with Gasteiger partial charge in [-0.15, -0.1) is 0 Å². The highest BCUT2D eigenvalue weighted by Gasteiger charge is 2.39. The topological polar surface area (TPSA) is 55.0 Å². The van der Waals surface area contributed by atoms with Crippen molar-refractivity contribution >= 4 is 17.0 Å². The molecule has 32 heavy (non-hydrogen) atoms. The third-order valence-corrected chi connectivity index (χ3v) is 5.53. The SMILES string of the molecule is Oc1oc(C=NOC(c2ccccc2)(c2ccccc2)c2ccccc2)c2ccccc12. The molecule has 0 fully saturated rings. The van der Waals surface area contributed by atoms with E-state index in [4.69, 9.17) is 9.25 Å². The zero-order valence-electron chi connectivity index (χ0n) is 17.3. The van der Waals surface area contributed by atoms with Crippen LogP contribution >= 0.6 is 0 Å². The molecule has 1 N–H and O–H groups in total. The van der Waals surface area contributed by atoms with Crippen molar-refractivity contribution in [2.45, 2.75) is 5.60 Å². The normalized spacial score (nSPS) is 11.8. The first-order valence-corrected chi connectivity index (χ1v) is 10.4. The summed E-state index contributed by atoms with van der Waals surface area (Å²) in [5.41, 5.74) is 1.87. The molecule has 0 amide bonds. The van der Waals surface area contributed by atoms with Crippen LogP contribution < -0.4 is 0 Å². The fourth-order valence-corrected chi connectivity index (χ4v) is 4.02. The molecule has 0 unspecified atom stereocenters. The van der Waals surface area contributed by atoms with E-state index < -0.39 is 5.60 Å². The second-order valence-electron chi connectivity index (χ2n) is 7.42. The van der Waals surface area contributed by atoms with Gasteiger partial charge in [0.1, 0.15) is 6.21 Å². The Labute approximate surface area is 186 Å². The van der Waals surface area contributed by atoms with Crippen LogP contribution in [0.2, 0.25) is 0 Å². The summed E-state index contributed by atoms with van der Waals surface area (Å²) in [4.78, 5) is 6.38. The largest absolute Gasteiger partial charge is 0.480 e. The Morgan fingerprint density at radius 3 is 1.56 bits per heavy atom. The van der Waals surface area contributed by atoms with E-state index >= 15 is 0 Å². The van der Waals surface area contributed by atoms with Crippen molar-refractivity contribution in [3.63, 3.8) is 0 Å². The number of fused-ring (bicyclic) bond motifs is 1. The standard InChI is InChI=1S/C28H21NO3/c30-27-25-19-11-10-18-24(25)26(31-27)20-29-32-28(21-12-4-1-5-13-21,22-14-6-2-7-15-22)23-16-8-3-9-17-23/h1-20,30H. The Morgan fingerprint density at radius 1 is 0.625 bits per heavy atom. The Bertz CT molecular complexity index is 1250. The average molecular weight is 419 g/mol. The molecular weight excluding hydrogens is 398 g/mol. The molecule has 156 valence electrons. The van der Waals surface area contributed by atoms with Gasteiger partial charge in [-0.05, 0) is 6.07 Å². The molecule has 1 heterocycles. The zero-order valence-corrected chi connectivity index (χ0v) is 17.3. The molecule has 4 heteroatoms. The van der Waals surface area contributed by atoms with Crippen LogP contribution in [0, 0.1) is 0 Å². The molecule has 0 aliphatic rings. The smallest absolute Gasteiger partial charge is 0.290 e. The van der Waals surface area contributed by atoms with Gasteiger partial charge >= 0.3 is 0 Å². The molecule has 4 aromatic carbocycles. The second kappa shape index (κ2) is 8.44. The summed E-state index contributed by atoms with van der Waals surface area (Å²) in [6.45, 7) is 0. The maximum absolute atomic E-state index is 10.1. The lowest BCUT2D eigenvalue weighted by molar-refractivity contribution is 0.0182. The highest BCUT2D eigenvalue weighted by molar-refractivity contribution is 5.99. The molecule has 4 nitrogen and oxygen atoms in total. The van der Waals surface area contributed by atoms with Crippen molar-refractivity contribution in [1.29, 1.82) is 0 Å². The number of hydrogen-bond acceptors (Lipinski definition) is 4. The number of nitrogens with zero attached hydrogens (tertiary/aromatic N) is 1. The van der Waals surface area contributed by atoms with Crippen LogP contribution in [0.5, 0.6) is 5.95 Å². The molecular formula is C28H21NO3. The molecule has 0 saturated carbocycles. The first-order chi connectivity index (χ1) is 15.8. The molecule has 0 bridgehead atoms. The first-order valence-electron chi connectivity index (χ1n) is 10.4. The predicted molar refractivity (Wildman–Crippen MR) is 126 cm³/mol. The van der Waals surface area contributed by atoms with Gasteiger partial charge in [-0.1, -0.05) is 114 Å². The number of oxime groups is 1. The Balaban J connectivity index is 1.65. The van der Waals surface area contributed by atoms with Gasteiger partial charge in [0.2, 0.25) is 5.60 Å². The third kappa shape index (κ3) is 3.42. The zero-order chi connectivity index (χ0) is 21.8. The van der Waals surface area contributed by atoms with Crippen molar-refractivity contribution < 1.29 is 14.4 Å². The Hall–Kier alpha value is -4.31. The van der Waals surface area contributed by atoms with Gasteiger partial charge in [0, 0.05) is 22.1 Å². The van der Waals surface area contributed by atoms with E-state index in [0.717, 1.165) is 22.1 Å². The van der Waals surface area contributed by atoms with E-state index in [2.05, 4.69) is 5.16 Å². The average Bonchev–Trinajstić information content (AvgIpc) is 3.19. The van der Waals surface area contributed by atoms with Crippen LogP contribution in [-0.2, 0) is 10.4 Å². The Morgan fingerprint density at radius 2 is 1.06 bits per heavy atom. The highest BCUT2D eigenvalue weighted by atomic mass is 16.6. The van der Waals surface area contributed by atoms with Gasteiger partial charge < -0.3 is 14.4 Å². The summed E-state index contributed by atoms with van der Waals surface area (Å²) >= 11 is 0. The van der Waals surface area contributed by atoms with Gasteiger partial charge in [0.15, 0.2) is 5.76 Å². The number of aromatic hydroxyl groups is 1. The molecule has 0 aliphatic heterocycles. The lowest BCUT2D eigenvalue weighted by Gasteiger charge is -2.33. The molecule has 5 aromatic rings. The van der Waals surface area contributed by atoms with E-state index in [1.165, 1.54) is 6.21 Å². The number of hydrogen-bond donors (Lipinski definition) is 1. The minimum atomic E-state index is -0.968. The van der Waals surface area contributed by atoms with Crippen LogP contribution in [0.25, 0.3) is 10.8 Å². The van der Waals surface area contributed by atoms with Gasteiger partial charge in [-0.2, -0.15) is 0 Å². The van der Waals surface area contributed by atoms with E-state index in [9.17, 15) is 5.11 Å². The second-order valence-corrected chi connectivity index (χ2v) is 7.42. The lowest BCUT2D eigenvalue weighted by atomic mass is 9.80. The molecule has 0 radical (unpaired) electrons. The summed E-state index contributed by atoms with van der Waals surface area (Å²) in [5, 5.41) is 15.9. The minimum absolute atomic E-state index is 0.137. The molecule has 0 aliphatic carbocycles. The van der Waals surface area contributed by atoms with Crippen LogP contribution in [0.15, 0.2) is 125 Å². The number of benzene rings is 4. The van der Waals surface area contributed by atoms with E-state index in [1.807, 2.05) is 109 Å². The predicted octanol–water partition coefficient (Wildman–Crippen LogP) is 6.48. The lowest BCUT2D eigenvalue weighted by Crippen LogP contribution is -2.31. The van der Waals surface area contributed by atoms with Gasteiger partial charge in [-0.3, -0.25) is 0 Å². The molecule has 5 rings (SSSR count).